The number of methoxy groups -OCH3 is 1. The molecule has 3 atom stereocenters. The summed E-state index contributed by atoms with van der Waals surface area (Å²) in [4.78, 5) is 15.0. The van der Waals surface area contributed by atoms with Gasteiger partial charge in [0.15, 0.2) is 11.5 Å². The Balaban J connectivity index is 1.85. The zero-order chi connectivity index (χ0) is 18.7. The molecule has 1 heterocycles. The first kappa shape index (κ1) is 19.0. The first-order chi connectivity index (χ1) is 12.5. The predicted molar refractivity (Wildman–Crippen MR) is 97.8 cm³/mol. The van der Waals surface area contributed by atoms with Gasteiger partial charge in [0.25, 0.3) is 5.91 Å². The van der Waals surface area contributed by atoms with Crippen LogP contribution in [0.15, 0.2) is 18.2 Å². The molecule has 0 aromatic heterocycles. The van der Waals surface area contributed by atoms with Crippen molar-refractivity contribution in [1.82, 2.24) is 4.90 Å². The molecule has 1 saturated heterocycles. The lowest BCUT2D eigenvalue weighted by Gasteiger charge is -2.42. The SMILES string of the molecule is CCOc1ccc(C(=O)N2CC[C@]3(OC)CC[C@H](O)C[C@H]23)cc1OCC. The number of hydrogen-bond donors (Lipinski definition) is 1. The van der Waals surface area contributed by atoms with Crippen LogP contribution < -0.4 is 9.47 Å². The molecule has 6 nitrogen and oxygen atoms in total. The largest absolute Gasteiger partial charge is 0.490 e. The van der Waals surface area contributed by atoms with Gasteiger partial charge in [-0.15, -0.1) is 0 Å². The average molecular weight is 363 g/mol. The summed E-state index contributed by atoms with van der Waals surface area (Å²) in [6.07, 6.45) is 2.50. The highest BCUT2D eigenvalue weighted by atomic mass is 16.5. The number of amides is 1. The van der Waals surface area contributed by atoms with Crippen LogP contribution in [0.3, 0.4) is 0 Å². The Morgan fingerprint density at radius 2 is 1.96 bits per heavy atom. The topological polar surface area (TPSA) is 68.2 Å². The standard InChI is InChI=1S/C20H29NO5/c1-4-25-16-7-6-14(12-17(16)26-5-2)19(23)21-11-10-20(24-3)9-8-15(22)13-18(20)21/h6-7,12,15,18,22H,4-5,8-11,13H2,1-3H3/t15-,18-,20+/m0/s1. The van der Waals surface area contributed by atoms with E-state index in [9.17, 15) is 9.90 Å². The van der Waals surface area contributed by atoms with Crippen molar-refractivity contribution >= 4 is 5.91 Å². The molecule has 1 aliphatic heterocycles. The van der Waals surface area contributed by atoms with E-state index in [1.54, 1.807) is 25.3 Å². The minimum Gasteiger partial charge on any atom is -0.490 e. The van der Waals surface area contributed by atoms with E-state index >= 15 is 0 Å². The van der Waals surface area contributed by atoms with E-state index in [0.717, 1.165) is 19.3 Å². The molecule has 1 aliphatic carbocycles. The van der Waals surface area contributed by atoms with Gasteiger partial charge < -0.3 is 24.2 Å². The number of carbonyl (C=O) groups excluding carboxylic acids is 1. The van der Waals surface area contributed by atoms with Crippen LogP contribution in [0.1, 0.15) is 49.9 Å². The van der Waals surface area contributed by atoms with E-state index < -0.39 is 0 Å². The Morgan fingerprint density at radius 3 is 2.65 bits per heavy atom. The number of ether oxygens (including phenoxy) is 3. The summed E-state index contributed by atoms with van der Waals surface area (Å²) in [6, 6.07) is 5.23. The first-order valence-corrected chi connectivity index (χ1v) is 9.48. The molecule has 3 rings (SSSR count). The Labute approximate surface area is 155 Å². The monoisotopic (exact) mass is 363 g/mol. The van der Waals surface area contributed by atoms with Crippen molar-refractivity contribution in [2.75, 3.05) is 26.9 Å². The van der Waals surface area contributed by atoms with Gasteiger partial charge in [-0.1, -0.05) is 0 Å². The number of likely N-dealkylation sites (tertiary alicyclic amines) is 1. The van der Waals surface area contributed by atoms with E-state index in [0.29, 0.717) is 43.2 Å². The first-order valence-electron chi connectivity index (χ1n) is 9.48. The van der Waals surface area contributed by atoms with E-state index in [1.807, 2.05) is 18.7 Å². The van der Waals surface area contributed by atoms with Crippen LogP contribution in [0.4, 0.5) is 0 Å². The molecule has 1 amide bonds. The summed E-state index contributed by atoms with van der Waals surface area (Å²) in [6.45, 7) is 5.50. The van der Waals surface area contributed by atoms with Gasteiger partial charge in [-0.25, -0.2) is 0 Å². The minimum atomic E-state index is -0.379. The van der Waals surface area contributed by atoms with E-state index in [2.05, 4.69) is 0 Å². The summed E-state index contributed by atoms with van der Waals surface area (Å²) in [5.41, 5.74) is 0.243. The van der Waals surface area contributed by atoms with Crippen molar-refractivity contribution in [3.63, 3.8) is 0 Å². The fourth-order valence-electron chi connectivity index (χ4n) is 4.27. The molecule has 1 aromatic rings. The van der Waals surface area contributed by atoms with Crippen molar-refractivity contribution in [3.8, 4) is 11.5 Å². The second-order valence-electron chi connectivity index (χ2n) is 6.99. The van der Waals surface area contributed by atoms with E-state index in [-0.39, 0.29) is 23.7 Å². The molecule has 2 fully saturated rings. The van der Waals surface area contributed by atoms with Gasteiger partial charge in [-0.2, -0.15) is 0 Å². The molecular weight excluding hydrogens is 334 g/mol. The third-order valence-corrected chi connectivity index (χ3v) is 5.61. The van der Waals surface area contributed by atoms with Gasteiger partial charge in [0.1, 0.15) is 0 Å². The van der Waals surface area contributed by atoms with Gasteiger partial charge in [-0.05, 0) is 57.7 Å². The highest BCUT2D eigenvalue weighted by Gasteiger charge is 2.52. The molecule has 0 unspecified atom stereocenters. The highest BCUT2D eigenvalue weighted by Crippen LogP contribution is 2.43. The number of aliphatic hydroxyl groups excluding tert-OH is 1. The molecule has 2 aliphatic rings. The van der Waals surface area contributed by atoms with Crippen molar-refractivity contribution in [2.45, 2.75) is 57.3 Å². The number of nitrogens with zero attached hydrogens (tertiary/aromatic N) is 1. The summed E-state index contributed by atoms with van der Waals surface area (Å²) >= 11 is 0. The molecular formula is C20H29NO5. The summed E-state index contributed by atoms with van der Waals surface area (Å²) in [5.74, 6) is 1.18. The molecule has 1 N–H and O–H groups in total. The fourth-order valence-corrected chi connectivity index (χ4v) is 4.27. The molecule has 0 radical (unpaired) electrons. The third kappa shape index (κ3) is 3.40. The molecule has 26 heavy (non-hydrogen) atoms. The van der Waals surface area contributed by atoms with Crippen LogP contribution in [-0.2, 0) is 4.74 Å². The fraction of sp³-hybridized carbons (Fsp3) is 0.650. The smallest absolute Gasteiger partial charge is 0.254 e. The number of fused-ring (bicyclic) bond motifs is 1. The maximum Gasteiger partial charge on any atom is 0.254 e. The summed E-state index contributed by atoms with van der Waals surface area (Å²) in [7, 11) is 1.71. The van der Waals surface area contributed by atoms with Crippen LogP contribution >= 0.6 is 0 Å². The molecule has 1 aromatic carbocycles. The maximum absolute atomic E-state index is 13.2. The van der Waals surface area contributed by atoms with Crippen molar-refractivity contribution in [2.24, 2.45) is 0 Å². The zero-order valence-electron chi connectivity index (χ0n) is 15.9. The normalized spacial score (nSPS) is 27.9. The maximum atomic E-state index is 13.2. The lowest BCUT2D eigenvalue weighted by molar-refractivity contribution is -0.0824. The third-order valence-electron chi connectivity index (χ3n) is 5.61. The predicted octanol–water partition coefficient (Wildman–Crippen LogP) is 2.63. The van der Waals surface area contributed by atoms with Crippen LogP contribution in [0.25, 0.3) is 0 Å². The van der Waals surface area contributed by atoms with Gasteiger partial charge in [0.05, 0.1) is 31.0 Å². The van der Waals surface area contributed by atoms with Crippen molar-refractivity contribution in [3.05, 3.63) is 23.8 Å². The van der Waals surface area contributed by atoms with Crippen LogP contribution in [0, 0.1) is 0 Å². The number of carbonyl (C=O) groups is 1. The van der Waals surface area contributed by atoms with E-state index in [1.165, 1.54) is 0 Å². The van der Waals surface area contributed by atoms with Gasteiger partial charge in [0, 0.05) is 19.2 Å². The lowest BCUT2D eigenvalue weighted by atomic mass is 9.79. The number of aliphatic hydroxyl groups is 1. The molecule has 0 bridgehead atoms. The quantitative estimate of drug-likeness (QED) is 0.841. The molecule has 1 saturated carbocycles. The molecule has 0 spiro atoms. The second kappa shape index (κ2) is 7.84. The van der Waals surface area contributed by atoms with Crippen LogP contribution in [0.2, 0.25) is 0 Å². The highest BCUT2D eigenvalue weighted by molar-refractivity contribution is 5.95. The van der Waals surface area contributed by atoms with Crippen molar-refractivity contribution in [1.29, 1.82) is 0 Å². The second-order valence-corrected chi connectivity index (χ2v) is 6.99. The van der Waals surface area contributed by atoms with Crippen molar-refractivity contribution < 1.29 is 24.1 Å². The summed E-state index contributed by atoms with van der Waals surface area (Å²) in [5, 5.41) is 10.1. The van der Waals surface area contributed by atoms with E-state index in [4.69, 9.17) is 14.2 Å². The van der Waals surface area contributed by atoms with Crippen LogP contribution in [0.5, 0.6) is 11.5 Å². The Hall–Kier alpha value is -1.79. The van der Waals surface area contributed by atoms with Gasteiger partial charge in [-0.3, -0.25) is 4.79 Å². The lowest BCUT2D eigenvalue weighted by Crippen LogP contribution is -2.52. The Kier molecular flexibility index (Phi) is 5.73. The van der Waals surface area contributed by atoms with Gasteiger partial charge in [0.2, 0.25) is 0 Å². The number of rotatable bonds is 6. The summed E-state index contributed by atoms with van der Waals surface area (Å²) < 4.78 is 17.1. The average Bonchev–Trinajstić information content (AvgIpc) is 3.02. The minimum absolute atomic E-state index is 0.0490. The zero-order valence-corrected chi connectivity index (χ0v) is 15.9. The van der Waals surface area contributed by atoms with Crippen LogP contribution in [-0.4, -0.2) is 60.5 Å². The molecule has 144 valence electrons. The van der Waals surface area contributed by atoms with Gasteiger partial charge >= 0.3 is 0 Å². The molecule has 6 heteroatoms. The number of benzene rings is 1. The Morgan fingerprint density at radius 1 is 1.23 bits per heavy atom. The number of hydrogen-bond acceptors (Lipinski definition) is 5. The Bertz CT molecular complexity index is 649.